The maximum absolute atomic E-state index is 12.8. The van der Waals surface area contributed by atoms with Crippen LogP contribution in [0.15, 0.2) is 52.9 Å². The molecule has 5 nitrogen and oxygen atoms in total. The van der Waals surface area contributed by atoms with Crippen molar-refractivity contribution in [1.82, 2.24) is 10.6 Å². The average molecular weight is 407 g/mol. The molecule has 0 saturated carbocycles. The van der Waals surface area contributed by atoms with Crippen LogP contribution in [-0.2, 0) is 6.61 Å². The Balaban J connectivity index is 0.00000210. The summed E-state index contributed by atoms with van der Waals surface area (Å²) >= 11 is 6.16. The zero-order valence-corrected chi connectivity index (χ0v) is 16.1. The Labute approximate surface area is 168 Å². The highest BCUT2D eigenvalue weighted by Gasteiger charge is 2.24. The van der Waals surface area contributed by atoms with E-state index in [0.29, 0.717) is 22.1 Å². The molecule has 1 unspecified atom stereocenters. The third-order valence-corrected chi connectivity index (χ3v) is 4.82. The van der Waals surface area contributed by atoms with E-state index in [0.717, 1.165) is 30.5 Å². The summed E-state index contributed by atoms with van der Waals surface area (Å²) in [5.41, 5.74) is 1.39. The van der Waals surface area contributed by atoms with E-state index in [-0.39, 0.29) is 31.0 Å². The molecular weight excluding hydrogens is 387 g/mol. The first kappa shape index (κ1) is 19.5. The number of hydrogen-bond acceptors (Lipinski definition) is 4. The Hall–Kier alpha value is -2.21. The van der Waals surface area contributed by atoms with Crippen LogP contribution in [0.4, 0.5) is 0 Å². The van der Waals surface area contributed by atoms with Crippen LogP contribution in [0.1, 0.15) is 22.5 Å². The quantitative estimate of drug-likeness (QED) is 0.666. The van der Waals surface area contributed by atoms with Gasteiger partial charge in [-0.25, -0.2) is 0 Å². The van der Waals surface area contributed by atoms with Gasteiger partial charge in [-0.05, 0) is 31.2 Å². The van der Waals surface area contributed by atoms with Crippen molar-refractivity contribution < 1.29 is 13.9 Å². The summed E-state index contributed by atoms with van der Waals surface area (Å²) in [6, 6.07) is 15.0. The van der Waals surface area contributed by atoms with Gasteiger partial charge in [0.05, 0.1) is 5.02 Å². The lowest BCUT2D eigenvalue weighted by molar-refractivity contribution is 0.0911. The highest BCUT2D eigenvalue weighted by atomic mass is 35.5. The van der Waals surface area contributed by atoms with Crippen molar-refractivity contribution in [1.29, 1.82) is 0 Å². The summed E-state index contributed by atoms with van der Waals surface area (Å²) in [4.78, 5) is 12.8. The molecule has 2 N–H and O–H groups in total. The average Bonchev–Trinajstić information content (AvgIpc) is 3.28. The van der Waals surface area contributed by atoms with Gasteiger partial charge in [0.1, 0.15) is 17.9 Å². The minimum Gasteiger partial charge on any atom is -0.487 e. The van der Waals surface area contributed by atoms with E-state index in [2.05, 4.69) is 10.6 Å². The normalized spacial score (nSPS) is 16.1. The predicted molar refractivity (Wildman–Crippen MR) is 108 cm³/mol. The van der Waals surface area contributed by atoms with Crippen LogP contribution in [0.25, 0.3) is 11.0 Å². The number of hydrogen-bond donors (Lipinski definition) is 2. The van der Waals surface area contributed by atoms with E-state index < -0.39 is 0 Å². The molecule has 1 fully saturated rings. The zero-order chi connectivity index (χ0) is 17.9. The first-order valence-corrected chi connectivity index (χ1v) is 8.99. The number of carbonyl (C=O) groups excluding carboxylic acids is 1. The van der Waals surface area contributed by atoms with Crippen LogP contribution in [0, 0.1) is 0 Å². The molecule has 4 rings (SSSR count). The standard InChI is InChI=1S/C20H19ClN2O3.ClH/c21-16-6-2-4-8-18(16)25-12-15-14-5-1-3-7-17(14)26-19(15)20(24)23-13-9-10-22-11-13;/h1-8,13,22H,9-12H2,(H,23,24);1H. The molecule has 2 aromatic carbocycles. The van der Waals surface area contributed by atoms with E-state index in [1.54, 1.807) is 12.1 Å². The number of halogens is 2. The number of nitrogens with one attached hydrogen (secondary N) is 2. The predicted octanol–water partition coefficient (Wildman–Crippen LogP) is 4.18. The van der Waals surface area contributed by atoms with Crippen LogP contribution >= 0.6 is 24.0 Å². The van der Waals surface area contributed by atoms with Gasteiger partial charge in [0.15, 0.2) is 5.76 Å². The van der Waals surface area contributed by atoms with Gasteiger partial charge in [-0.1, -0.05) is 41.9 Å². The van der Waals surface area contributed by atoms with Crippen molar-refractivity contribution in [3.63, 3.8) is 0 Å². The molecule has 0 bridgehead atoms. The van der Waals surface area contributed by atoms with E-state index >= 15 is 0 Å². The second-order valence-corrected chi connectivity index (χ2v) is 6.70. The van der Waals surface area contributed by atoms with E-state index in [4.69, 9.17) is 20.8 Å². The molecular formula is C20H20Cl2N2O3. The molecule has 27 heavy (non-hydrogen) atoms. The van der Waals surface area contributed by atoms with E-state index in [1.807, 2.05) is 36.4 Å². The fourth-order valence-electron chi connectivity index (χ4n) is 3.17. The van der Waals surface area contributed by atoms with Gasteiger partial charge in [0.25, 0.3) is 5.91 Å². The number of para-hydroxylation sites is 2. The number of amides is 1. The van der Waals surface area contributed by atoms with Gasteiger partial charge in [-0.3, -0.25) is 4.79 Å². The highest BCUT2D eigenvalue weighted by molar-refractivity contribution is 6.32. The molecule has 1 amide bonds. The molecule has 142 valence electrons. The largest absolute Gasteiger partial charge is 0.487 e. The lowest BCUT2D eigenvalue weighted by Gasteiger charge is -2.11. The molecule has 0 radical (unpaired) electrons. The minimum absolute atomic E-state index is 0. The third-order valence-electron chi connectivity index (χ3n) is 4.51. The Kier molecular flexibility index (Phi) is 6.26. The first-order valence-electron chi connectivity index (χ1n) is 8.61. The van der Waals surface area contributed by atoms with Crippen molar-refractivity contribution in [2.45, 2.75) is 19.1 Å². The SMILES string of the molecule is Cl.O=C(NC1CCNC1)c1oc2ccccc2c1COc1ccccc1Cl. The third kappa shape index (κ3) is 4.21. The highest BCUT2D eigenvalue weighted by Crippen LogP contribution is 2.29. The van der Waals surface area contributed by atoms with Crippen LogP contribution in [-0.4, -0.2) is 25.0 Å². The fourth-order valence-corrected chi connectivity index (χ4v) is 3.36. The van der Waals surface area contributed by atoms with E-state index in [9.17, 15) is 4.79 Å². The van der Waals surface area contributed by atoms with Crippen molar-refractivity contribution >= 4 is 40.9 Å². The lowest BCUT2D eigenvalue weighted by atomic mass is 10.1. The molecule has 2 heterocycles. The van der Waals surface area contributed by atoms with Crippen molar-refractivity contribution in [2.75, 3.05) is 13.1 Å². The molecule has 0 spiro atoms. The Morgan fingerprint density at radius 1 is 1.22 bits per heavy atom. The summed E-state index contributed by atoms with van der Waals surface area (Å²) in [5, 5.41) is 7.67. The maximum Gasteiger partial charge on any atom is 0.287 e. The van der Waals surface area contributed by atoms with Crippen LogP contribution in [0.2, 0.25) is 5.02 Å². The van der Waals surface area contributed by atoms with Gasteiger partial charge < -0.3 is 19.8 Å². The summed E-state index contributed by atoms with van der Waals surface area (Å²) in [7, 11) is 0. The van der Waals surface area contributed by atoms with Crippen LogP contribution < -0.4 is 15.4 Å². The second kappa shape index (κ2) is 8.65. The summed E-state index contributed by atoms with van der Waals surface area (Å²) in [5.74, 6) is 0.656. The van der Waals surface area contributed by atoms with Crippen molar-refractivity contribution in [2.24, 2.45) is 0 Å². The van der Waals surface area contributed by atoms with Crippen molar-refractivity contribution in [3.8, 4) is 5.75 Å². The van der Waals surface area contributed by atoms with Gasteiger partial charge in [0, 0.05) is 23.5 Å². The number of furan rings is 1. The number of ether oxygens (including phenoxy) is 1. The summed E-state index contributed by atoms with van der Waals surface area (Å²) in [6.07, 6.45) is 0.914. The number of benzene rings is 2. The Bertz CT molecular complexity index is 936. The molecule has 1 aliphatic rings. The molecule has 1 atom stereocenters. The molecule has 7 heteroatoms. The van der Waals surface area contributed by atoms with Crippen LogP contribution in [0.5, 0.6) is 5.75 Å². The first-order chi connectivity index (χ1) is 12.7. The van der Waals surface area contributed by atoms with Gasteiger partial charge in [0.2, 0.25) is 0 Å². The summed E-state index contributed by atoms with van der Waals surface area (Å²) < 4.78 is 11.7. The van der Waals surface area contributed by atoms with Gasteiger partial charge in [-0.2, -0.15) is 0 Å². The molecule has 0 aliphatic carbocycles. The smallest absolute Gasteiger partial charge is 0.287 e. The summed E-state index contributed by atoms with van der Waals surface area (Å²) in [6.45, 7) is 1.89. The zero-order valence-electron chi connectivity index (χ0n) is 14.5. The Morgan fingerprint density at radius 2 is 2.00 bits per heavy atom. The monoisotopic (exact) mass is 406 g/mol. The number of carbonyl (C=O) groups is 1. The van der Waals surface area contributed by atoms with Crippen molar-refractivity contribution in [3.05, 3.63) is 64.9 Å². The Morgan fingerprint density at radius 3 is 2.78 bits per heavy atom. The molecule has 1 aliphatic heterocycles. The van der Waals surface area contributed by atoms with Gasteiger partial charge in [-0.15, -0.1) is 12.4 Å². The molecule has 1 saturated heterocycles. The number of fused-ring (bicyclic) bond motifs is 1. The minimum atomic E-state index is -0.215. The molecule has 3 aromatic rings. The van der Waals surface area contributed by atoms with Crippen LogP contribution in [0.3, 0.4) is 0 Å². The maximum atomic E-state index is 12.8. The topological polar surface area (TPSA) is 63.5 Å². The second-order valence-electron chi connectivity index (χ2n) is 6.29. The molecule has 1 aromatic heterocycles. The van der Waals surface area contributed by atoms with E-state index in [1.165, 1.54) is 0 Å². The fraction of sp³-hybridized carbons (Fsp3) is 0.250. The number of rotatable bonds is 5. The lowest BCUT2D eigenvalue weighted by Crippen LogP contribution is -2.36. The van der Waals surface area contributed by atoms with Gasteiger partial charge >= 0.3 is 0 Å².